The van der Waals surface area contributed by atoms with Crippen molar-refractivity contribution in [3.05, 3.63) is 64.7 Å². The SMILES string of the molecule is COc1ccc(CCNC(=O)C=Cc2ccc(Cl)cc2)cc1OC(F)F. The van der Waals surface area contributed by atoms with Gasteiger partial charge in [0.05, 0.1) is 7.11 Å². The molecule has 0 saturated carbocycles. The molecule has 0 atom stereocenters. The summed E-state index contributed by atoms with van der Waals surface area (Å²) in [6, 6.07) is 11.8. The first-order valence-electron chi connectivity index (χ1n) is 7.81. The summed E-state index contributed by atoms with van der Waals surface area (Å²) >= 11 is 5.80. The van der Waals surface area contributed by atoms with Crippen LogP contribution in [0.4, 0.5) is 8.78 Å². The number of methoxy groups -OCH3 is 1. The number of ether oxygens (including phenoxy) is 2. The zero-order chi connectivity index (χ0) is 18.9. The average molecular weight is 382 g/mol. The summed E-state index contributed by atoms with van der Waals surface area (Å²) in [5.74, 6) is -0.0598. The van der Waals surface area contributed by atoms with Gasteiger partial charge in [0.2, 0.25) is 5.91 Å². The van der Waals surface area contributed by atoms with E-state index in [2.05, 4.69) is 10.1 Å². The Labute approximate surface area is 155 Å². The maximum atomic E-state index is 12.4. The Bertz CT molecular complexity index is 764. The number of carbonyl (C=O) groups excluding carboxylic acids is 1. The number of carbonyl (C=O) groups is 1. The van der Waals surface area contributed by atoms with Crippen LogP contribution in [0.5, 0.6) is 11.5 Å². The second kappa shape index (κ2) is 9.77. The predicted molar refractivity (Wildman–Crippen MR) is 96.8 cm³/mol. The fourth-order valence-electron chi connectivity index (χ4n) is 2.20. The van der Waals surface area contributed by atoms with Gasteiger partial charge in [0.15, 0.2) is 11.5 Å². The van der Waals surface area contributed by atoms with Crippen molar-refractivity contribution in [2.45, 2.75) is 13.0 Å². The molecule has 2 aromatic carbocycles. The lowest BCUT2D eigenvalue weighted by Gasteiger charge is -2.11. The molecule has 0 aliphatic rings. The summed E-state index contributed by atoms with van der Waals surface area (Å²) < 4.78 is 34.3. The first-order valence-corrected chi connectivity index (χ1v) is 8.19. The minimum atomic E-state index is -2.93. The molecular formula is C19H18ClF2NO3. The topological polar surface area (TPSA) is 47.6 Å². The zero-order valence-corrected chi connectivity index (χ0v) is 14.8. The maximum Gasteiger partial charge on any atom is 0.387 e. The van der Waals surface area contributed by atoms with E-state index in [1.807, 2.05) is 0 Å². The van der Waals surface area contributed by atoms with E-state index in [9.17, 15) is 13.6 Å². The first-order chi connectivity index (χ1) is 12.5. The first kappa shape index (κ1) is 19.7. The van der Waals surface area contributed by atoms with Crippen molar-refractivity contribution in [3.8, 4) is 11.5 Å². The molecule has 0 radical (unpaired) electrons. The van der Waals surface area contributed by atoms with Gasteiger partial charge >= 0.3 is 6.61 Å². The van der Waals surface area contributed by atoms with E-state index >= 15 is 0 Å². The highest BCUT2D eigenvalue weighted by atomic mass is 35.5. The van der Waals surface area contributed by atoms with Gasteiger partial charge in [-0.25, -0.2) is 0 Å². The van der Waals surface area contributed by atoms with E-state index in [-0.39, 0.29) is 17.4 Å². The summed E-state index contributed by atoms with van der Waals surface area (Å²) in [5, 5.41) is 3.36. The van der Waals surface area contributed by atoms with E-state index in [1.165, 1.54) is 19.3 Å². The van der Waals surface area contributed by atoms with E-state index in [1.54, 1.807) is 42.5 Å². The van der Waals surface area contributed by atoms with Gasteiger partial charge in [-0.3, -0.25) is 4.79 Å². The van der Waals surface area contributed by atoms with Crippen LogP contribution in [0.2, 0.25) is 5.02 Å². The lowest BCUT2D eigenvalue weighted by molar-refractivity contribution is -0.116. The Hall–Kier alpha value is -2.60. The highest BCUT2D eigenvalue weighted by Crippen LogP contribution is 2.29. The third-order valence-corrected chi connectivity index (χ3v) is 3.71. The smallest absolute Gasteiger partial charge is 0.387 e. The summed E-state index contributed by atoms with van der Waals surface area (Å²) in [7, 11) is 1.38. The number of hydrogen-bond acceptors (Lipinski definition) is 3. The molecule has 4 nitrogen and oxygen atoms in total. The monoisotopic (exact) mass is 381 g/mol. The van der Waals surface area contributed by atoms with Crippen LogP contribution in [0.25, 0.3) is 6.08 Å². The standard InChI is InChI=1S/C19H18ClF2NO3/c1-25-16-8-4-14(12-17(16)26-19(21)22)10-11-23-18(24)9-5-13-2-6-15(20)7-3-13/h2-9,12,19H,10-11H2,1H3,(H,23,24). The minimum absolute atomic E-state index is 0.0334. The van der Waals surface area contributed by atoms with Gasteiger partial charge in [0.25, 0.3) is 0 Å². The molecular weight excluding hydrogens is 364 g/mol. The molecule has 2 aromatic rings. The van der Waals surface area contributed by atoms with Crippen molar-refractivity contribution >= 4 is 23.6 Å². The van der Waals surface area contributed by atoms with Crippen LogP contribution in [-0.2, 0) is 11.2 Å². The summed E-state index contributed by atoms with van der Waals surface area (Å²) in [6.45, 7) is -2.58. The molecule has 0 aromatic heterocycles. The molecule has 7 heteroatoms. The normalized spacial score (nSPS) is 11.0. The number of amides is 1. The van der Waals surface area contributed by atoms with Crippen LogP contribution < -0.4 is 14.8 Å². The van der Waals surface area contributed by atoms with Crippen LogP contribution in [0, 0.1) is 0 Å². The highest BCUT2D eigenvalue weighted by Gasteiger charge is 2.11. The van der Waals surface area contributed by atoms with Gasteiger partial charge in [-0.15, -0.1) is 0 Å². The molecule has 0 unspecified atom stereocenters. The minimum Gasteiger partial charge on any atom is -0.493 e. The second-order valence-corrected chi connectivity index (χ2v) is 5.73. The summed E-state index contributed by atoms with van der Waals surface area (Å²) in [5.41, 5.74) is 1.59. The van der Waals surface area contributed by atoms with Crippen molar-refractivity contribution in [2.75, 3.05) is 13.7 Å². The van der Waals surface area contributed by atoms with Gasteiger partial charge < -0.3 is 14.8 Å². The molecule has 0 fully saturated rings. The Balaban J connectivity index is 1.86. The lowest BCUT2D eigenvalue weighted by Crippen LogP contribution is -2.23. The van der Waals surface area contributed by atoms with E-state index < -0.39 is 6.61 Å². The zero-order valence-electron chi connectivity index (χ0n) is 14.0. The molecule has 0 saturated heterocycles. The second-order valence-electron chi connectivity index (χ2n) is 5.29. The van der Waals surface area contributed by atoms with Gasteiger partial charge in [0, 0.05) is 17.6 Å². The van der Waals surface area contributed by atoms with Crippen molar-refractivity contribution in [2.24, 2.45) is 0 Å². The van der Waals surface area contributed by atoms with Crippen LogP contribution in [-0.4, -0.2) is 26.2 Å². The third kappa shape index (κ3) is 6.37. The van der Waals surface area contributed by atoms with Crippen molar-refractivity contribution in [1.29, 1.82) is 0 Å². The Morgan fingerprint density at radius 1 is 1.19 bits per heavy atom. The number of rotatable bonds is 8. The van der Waals surface area contributed by atoms with Crippen LogP contribution in [0.15, 0.2) is 48.5 Å². The van der Waals surface area contributed by atoms with Gasteiger partial charge in [-0.05, 0) is 47.9 Å². The van der Waals surface area contributed by atoms with Crippen LogP contribution >= 0.6 is 11.6 Å². The van der Waals surface area contributed by atoms with Crippen molar-refractivity contribution in [3.63, 3.8) is 0 Å². The number of hydrogen-bond donors (Lipinski definition) is 1. The quantitative estimate of drug-likeness (QED) is 0.693. The van der Waals surface area contributed by atoms with E-state index in [0.29, 0.717) is 18.0 Å². The van der Waals surface area contributed by atoms with Crippen molar-refractivity contribution in [1.82, 2.24) is 5.32 Å². The molecule has 2 rings (SSSR count). The van der Waals surface area contributed by atoms with Gasteiger partial charge in [-0.2, -0.15) is 8.78 Å². The fraction of sp³-hybridized carbons (Fsp3) is 0.211. The molecule has 1 N–H and O–H groups in total. The van der Waals surface area contributed by atoms with Gasteiger partial charge in [0.1, 0.15) is 0 Å². The van der Waals surface area contributed by atoms with Crippen LogP contribution in [0.3, 0.4) is 0 Å². The Morgan fingerprint density at radius 2 is 1.92 bits per heavy atom. The number of nitrogens with one attached hydrogen (secondary N) is 1. The molecule has 0 bridgehead atoms. The average Bonchev–Trinajstić information content (AvgIpc) is 2.61. The third-order valence-electron chi connectivity index (χ3n) is 3.45. The highest BCUT2D eigenvalue weighted by molar-refractivity contribution is 6.30. The molecule has 26 heavy (non-hydrogen) atoms. The Morgan fingerprint density at radius 3 is 2.58 bits per heavy atom. The molecule has 0 spiro atoms. The lowest BCUT2D eigenvalue weighted by atomic mass is 10.1. The summed E-state index contributed by atoms with van der Waals surface area (Å²) in [6.07, 6.45) is 3.56. The maximum absolute atomic E-state index is 12.4. The van der Waals surface area contributed by atoms with E-state index in [4.69, 9.17) is 16.3 Å². The van der Waals surface area contributed by atoms with Crippen molar-refractivity contribution < 1.29 is 23.0 Å². The number of halogens is 3. The molecule has 0 aliphatic carbocycles. The number of benzene rings is 2. The fourth-order valence-corrected chi connectivity index (χ4v) is 2.33. The van der Waals surface area contributed by atoms with Crippen LogP contribution in [0.1, 0.15) is 11.1 Å². The molecule has 0 heterocycles. The summed E-state index contributed by atoms with van der Waals surface area (Å²) in [4.78, 5) is 11.8. The predicted octanol–water partition coefficient (Wildman–Crippen LogP) is 4.32. The molecule has 1 amide bonds. The largest absolute Gasteiger partial charge is 0.493 e. The van der Waals surface area contributed by atoms with Gasteiger partial charge in [-0.1, -0.05) is 29.8 Å². The molecule has 138 valence electrons. The van der Waals surface area contributed by atoms with E-state index in [0.717, 1.165) is 11.1 Å². The number of alkyl halides is 2. The Kier molecular flexibility index (Phi) is 7.41. The molecule has 0 aliphatic heterocycles.